The van der Waals surface area contributed by atoms with Crippen molar-refractivity contribution in [3.63, 3.8) is 0 Å². The molecule has 0 saturated heterocycles. The molecule has 0 aliphatic carbocycles. The lowest BCUT2D eigenvalue weighted by atomic mass is 10.2. The van der Waals surface area contributed by atoms with Crippen LogP contribution in [-0.2, 0) is 6.54 Å². The maximum Gasteiger partial charge on any atom is 0.226 e. The van der Waals surface area contributed by atoms with E-state index in [1.54, 1.807) is 32.7 Å². The fourth-order valence-corrected chi connectivity index (χ4v) is 1.39. The fraction of sp³-hybridized carbons (Fsp3) is 0.250. The van der Waals surface area contributed by atoms with Crippen LogP contribution in [0.25, 0.3) is 0 Å². The molecule has 0 amide bonds. The van der Waals surface area contributed by atoms with Gasteiger partial charge in [0.1, 0.15) is 0 Å². The van der Waals surface area contributed by atoms with Gasteiger partial charge < -0.3 is 14.8 Å². The van der Waals surface area contributed by atoms with Gasteiger partial charge in [-0.3, -0.25) is 0 Å². The molecule has 2 rings (SSSR count). The minimum absolute atomic E-state index is 0.519. The number of nitrogens with zero attached hydrogens (tertiary/aromatic N) is 3. The van der Waals surface area contributed by atoms with Crippen LogP contribution in [0, 0.1) is 0 Å². The SMILES string of the molecule is COc1cc(CNc2nccc(OC)n2)ccn1. The monoisotopic (exact) mass is 246 g/mol. The lowest BCUT2D eigenvalue weighted by molar-refractivity contribution is 0.397. The summed E-state index contributed by atoms with van der Waals surface area (Å²) < 4.78 is 10.1. The third-order valence-electron chi connectivity index (χ3n) is 2.30. The molecule has 0 unspecified atom stereocenters. The summed E-state index contributed by atoms with van der Waals surface area (Å²) in [6.45, 7) is 0.589. The number of ether oxygens (including phenoxy) is 2. The zero-order chi connectivity index (χ0) is 12.8. The second-order valence-corrected chi connectivity index (χ2v) is 3.48. The third kappa shape index (κ3) is 3.07. The topological polar surface area (TPSA) is 69.2 Å². The van der Waals surface area contributed by atoms with E-state index in [9.17, 15) is 0 Å². The maximum absolute atomic E-state index is 5.05. The Morgan fingerprint density at radius 3 is 2.61 bits per heavy atom. The first-order valence-electron chi connectivity index (χ1n) is 5.41. The molecule has 6 nitrogen and oxygen atoms in total. The summed E-state index contributed by atoms with van der Waals surface area (Å²) >= 11 is 0. The average Bonchev–Trinajstić information content (AvgIpc) is 2.45. The average molecular weight is 246 g/mol. The first kappa shape index (κ1) is 12.1. The van der Waals surface area contributed by atoms with Gasteiger partial charge in [-0.2, -0.15) is 4.98 Å². The van der Waals surface area contributed by atoms with E-state index < -0.39 is 0 Å². The van der Waals surface area contributed by atoms with Crippen LogP contribution in [0.4, 0.5) is 5.95 Å². The van der Waals surface area contributed by atoms with Gasteiger partial charge in [-0.15, -0.1) is 0 Å². The predicted molar refractivity (Wildman–Crippen MR) is 66.7 cm³/mol. The molecule has 2 aromatic heterocycles. The van der Waals surface area contributed by atoms with Crippen molar-refractivity contribution in [1.29, 1.82) is 0 Å². The molecule has 6 heteroatoms. The molecule has 94 valence electrons. The van der Waals surface area contributed by atoms with Crippen molar-refractivity contribution in [1.82, 2.24) is 15.0 Å². The highest BCUT2D eigenvalue weighted by molar-refractivity contribution is 5.30. The van der Waals surface area contributed by atoms with Crippen LogP contribution in [0.3, 0.4) is 0 Å². The van der Waals surface area contributed by atoms with Crippen molar-refractivity contribution in [2.75, 3.05) is 19.5 Å². The van der Waals surface area contributed by atoms with Crippen molar-refractivity contribution in [3.8, 4) is 11.8 Å². The summed E-state index contributed by atoms with van der Waals surface area (Å²) in [5.41, 5.74) is 1.04. The van der Waals surface area contributed by atoms with E-state index >= 15 is 0 Å². The van der Waals surface area contributed by atoms with Gasteiger partial charge in [0, 0.05) is 31.1 Å². The van der Waals surface area contributed by atoms with Gasteiger partial charge >= 0.3 is 0 Å². The number of pyridine rings is 1. The molecule has 0 atom stereocenters. The molecule has 2 heterocycles. The van der Waals surface area contributed by atoms with Crippen LogP contribution in [0.1, 0.15) is 5.56 Å². The number of hydrogen-bond acceptors (Lipinski definition) is 6. The van der Waals surface area contributed by atoms with Crippen molar-refractivity contribution in [2.24, 2.45) is 0 Å². The van der Waals surface area contributed by atoms with Crippen molar-refractivity contribution >= 4 is 5.95 Å². The Hall–Kier alpha value is -2.37. The molecule has 0 radical (unpaired) electrons. The zero-order valence-electron chi connectivity index (χ0n) is 10.3. The van der Waals surface area contributed by atoms with Gasteiger partial charge in [0.2, 0.25) is 17.7 Å². The fourth-order valence-electron chi connectivity index (χ4n) is 1.39. The Morgan fingerprint density at radius 2 is 1.83 bits per heavy atom. The molecule has 2 aromatic rings. The van der Waals surface area contributed by atoms with Crippen LogP contribution in [0.2, 0.25) is 0 Å². The quantitative estimate of drug-likeness (QED) is 0.862. The summed E-state index contributed by atoms with van der Waals surface area (Å²) in [5, 5.41) is 3.10. The number of rotatable bonds is 5. The molecule has 0 saturated carbocycles. The molecule has 0 fully saturated rings. The molecule has 0 aliphatic rings. The first-order chi connectivity index (χ1) is 8.81. The number of nitrogens with one attached hydrogen (secondary N) is 1. The Labute approximate surface area is 105 Å². The number of aromatic nitrogens is 3. The van der Waals surface area contributed by atoms with E-state index in [0.29, 0.717) is 24.3 Å². The first-order valence-corrected chi connectivity index (χ1v) is 5.41. The minimum atomic E-state index is 0.519. The van der Waals surface area contributed by atoms with Crippen molar-refractivity contribution < 1.29 is 9.47 Å². The van der Waals surface area contributed by atoms with Gasteiger partial charge in [-0.1, -0.05) is 0 Å². The van der Waals surface area contributed by atoms with Gasteiger partial charge in [-0.05, 0) is 11.6 Å². The van der Waals surface area contributed by atoms with Crippen LogP contribution < -0.4 is 14.8 Å². The molecule has 1 N–H and O–H groups in total. The molecular weight excluding hydrogens is 232 g/mol. The molecule has 0 aliphatic heterocycles. The Morgan fingerprint density at radius 1 is 1.06 bits per heavy atom. The maximum atomic E-state index is 5.05. The lowest BCUT2D eigenvalue weighted by Crippen LogP contribution is -2.04. The van der Waals surface area contributed by atoms with Gasteiger partial charge in [0.05, 0.1) is 14.2 Å². The van der Waals surface area contributed by atoms with E-state index in [4.69, 9.17) is 9.47 Å². The summed E-state index contributed by atoms with van der Waals surface area (Å²) in [6.07, 6.45) is 3.34. The van der Waals surface area contributed by atoms with Crippen LogP contribution in [-0.4, -0.2) is 29.2 Å². The van der Waals surface area contributed by atoms with E-state index in [0.717, 1.165) is 5.56 Å². The summed E-state index contributed by atoms with van der Waals surface area (Å²) in [6, 6.07) is 5.45. The summed E-state index contributed by atoms with van der Waals surface area (Å²) in [7, 11) is 3.16. The highest BCUT2D eigenvalue weighted by atomic mass is 16.5. The molecule has 0 spiro atoms. The van der Waals surface area contributed by atoms with E-state index in [1.807, 2.05) is 12.1 Å². The van der Waals surface area contributed by atoms with Crippen LogP contribution in [0.15, 0.2) is 30.6 Å². The predicted octanol–water partition coefficient (Wildman–Crippen LogP) is 1.50. The second-order valence-electron chi connectivity index (χ2n) is 3.48. The van der Waals surface area contributed by atoms with E-state index in [-0.39, 0.29) is 0 Å². The number of methoxy groups -OCH3 is 2. The third-order valence-corrected chi connectivity index (χ3v) is 2.30. The highest BCUT2D eigenvalue weighted by Gasteiger charge is 2.00. The van der Waals surface area contributed by atoms with Crippen molar-refractivity contribution in [3.05, 3.63) is 36.2 Å². The Balaban J connectivity index is 2.01. The van der Waals surface area contributed by atoms with Crippen LogP contribution in [0.5, 0.6) is 11.8 Å². The molecule has 18 heavy (non-hydrogen) atoms. The van der Waals surface area contributed by atoms with E-state index in [2.05, 4.69) is 20.3 Å². The zero-order valence-corrected chi connectivity index (χ0v) is 10.3. The van der Waals surface area contributed by atoms with Crippen molar-refractivity contribution in [2.45, 2.75) is 6.54 Å². The molecule has 0 bridgehead atoms. The largest absolute Gasteiger partial charge is 0.481 e. The highest BCUT2D eigenvalue weighted by Crippen LogP contribution is 2.11. The Bertz CT molecular complexity index is 471. The second kappa shape index (κ2) is 5.81. The molecular formula is C12H14N4O2. The lowest BCUT2D eigenvalue weighted by Gasteiger charge is -2.06. The summed E-state index contributed by atoms with van der Waals surface area (Å²) in [4.78, 5) is 12.3. The standard InChI is InChI=1S/C12H14N4O2/c1-17-10-4-6-14-12(16-10)15-8-9-3-5-13-11(7-9)18-2/h3-7H,8H2,1-2H3,(H,14,15,16). The van der Waals surface area contributed by atoms with Gasteiger partial charge in [0.15, 0.2) is 0 Å². The Kier molecular flexibility index (Phi) is 3.90. The van der Waals surface area contributed by atoms with Gasteiger partial charge in [0.25, 0.3) is 0 Å². The normalized spacial score (nSPS) is 9.89. The smallest absolute Gasteiger partial charge is 0.226 e. The number of anilines is 1. The van der Waals surface area contributed by atoms with Crippen LogP contribution >= 0.6 is 0 Å². The molecule has 0 aromatic carbocycles. The summed E-state index contributed by atoms with van der Waals surface area (Å²) in [5.74, 6) is 1.63. The van der Waals surface area contributed by atoms with E-state index in [1.165, 1.54) is 0 Å². The van der Waals surface area contributed by atoms with Gasteiger partial charge in [-0.25, -0.2) is 9.97 Å². The number of hydrogen-bond donors (Lipinski definition) is 1. The minimum Gasteiger partial charge on any atom is -0.481 e.